The third-order valence-corrected chi connectivity index (χ3v) is 5.92. The number of benzene rings is 1. The van der Waals surface area contributed by atoms with Gasteiger partial charge in [-0.25, -0.2) is 4.98 Å². The second kappa shape index (κ2) is 8.68. The zero-order chi connectivity index (χ0) is 20.2. The highest BCUT2D eigenvalue weighted by atomic mass is 16.3. The Bertz CT molecular complexity index is 983. The fourth-order valence-electron chi connectivity index (χ4n) is 3.97. The number of nitrogens with zero attached hydrogens (tertiary/aromatic N) is 2. The molecular formula is C24H29N3O2. The topological polar surface area (TPSA) is 58.4 Å². The van der Waals surface area contributed by atoms with E-state index in [2.05, 4.69) is 40.3 Å². The highest BCUT2D eigenvalue weighted by Gasteiger charge is 2.14. The van der Waals surface area contributed by atoms with Crippen LogP contribution in [0.4, 0.5) is 5.82 Å². The fourth-order valence-corrected chi connectivity index (χ4v) is 3.97. The molecule has 152 valence electrons. The van der Waals surface area contributed by atoms with E-state index in [1.165, 1.54) is 31.2 Å². The molecular weight excluding hydrogens is 362 g/mol. The monoisotopic (exact) mass is 391 g/mol. The van der Waals surface area contributed by atoms with Gasteiger partial charge in [0.15, 0.2) is 0 Å². The van der Waals surface area contributed by atoms with Crippen LogP contribution in [0.25, 0.3) is 11.0 Å². The van der Waals surface area contributed by atoms with Crippen LogP contribution in [-0.4, -0.2) is 24.0 Å². The van der Waals surface area contributed by atoms with E-state index >= 15 is 0 Å². The summed E-state index contributed by atoms with van der Waals surface area (Å²) in [5.74, 6) is 1.03. The van der Waals surface area contributed by atoms with Gasteiger partial charge in [-0.3, -0.25) is 4.79 Å². The number of hydrogen-bond donors (Lipinski definition) is 1. The molecule has 0 spiro atoms. The maximum atomic E-state index is 12.5. The van der Waals surface area contributed by atoms with E-state index in [-0.39, 0.29) is 5.91 Å². The molecule has 5 heteroatoms. The molecule has 0 unspecified atom stereocenters. The number of anilines is 1. The van der Waals surface area contributed by atoms with E-state index in [0.717, 1.165) is 46.6 Å². The standard InChI is InChI=1S/C24H29N3O2/c1-17-7-9-21-20(16-29-24(21)18(17)2)13-23(28)26-15-19-8-10-22(25-14-19)27-11-5-3-4-6-12-27/h7-10,14,16H,3-6,11-13,15H2,1-2H3,(H,26,28). The van der Waals surface area contributed by atoms with E-state index < -0.39 is 0 Å². The zero-order valence-electron chi connectivity index (χ0n) is 17.3. The van der Waals surface area contributed by atoms with Gasteiger partial charge in [-0.2, -0.15) is 0 Å². The normalized spacial score (nSPS) is 14.8. The highest BCUT2D eigenvalue weighted by Crippen LogP contribution is 2.26. The molecule has 1 aliphatic rings. The lowest BCUT2D eigenvalue weighted by atomic mass is 10.0. The Kier molecular flexibility index (Phi) is 5.84. The number of carbonyl (C=O) groups excluding carboxylic acids is 1. The van der Waals surface area contributed by atoms with Crippen molar-refractivity contribution >= 4 is 22.7 Å². The lowest BCUT2D eigenvalue weighted by Gasteiger charge is -2.21. The lowest BCUT2D eigenvalue weighted by molar-refractivity contribution is -0.120. The summed E-state index contributed by atoms with van der Waals surface area (Å²) in [6.45, 7) is 6.77. The van der Waals surface area contributed by atoms with Gasteiger partial charge in [-0.1, -0.05) is 31.0 Å². The molecule has 29 heavy (non-hydrogen) atoms. The fraction of sp³-hybridized carbons (Fsp3) is 0.417. The van der Waals surface area contributed by atoms with Gasteiger partial charge in [-0.15, -0.1) is 0 Å². The van der Waals surface area contributed by atoms with Crippen LogP contribution in [-0.2, 0) is 17.8 Å². The van der Waals surface area contributed by atoms with E-state index in [1.807, 2.05) is 19.2 Å². The SMILES string of the molecule is Cc1ccc2c(CC(=O)NCc3ccc(N4CCCCCC4)nc3)coc2c1C. The summed E-state index contributed by atoms with van der Waals surface area (Å²) < 4.78 is 5.71. The lowest BCUT2D eigenvalue weighted by Crippen LogP contribution is -2.26. The summed E-state index contributed by atoms with van der Waals surface area (Å²) in [6, 6.07) is 8.25. The van der Waals surface area contributed by atoms with E-state index in [4.69, 9.17) is 4.42 Å². The van der Waals surface area contributed by atoms with Gasteiger partial charge in [0.1, 0.15) is 11.4 Å². The van der Waals surface area contributed by atoms with E-state index in [1.54, 1.807) is 6.26 Å². The van der Waals surface area contributed by atoms with Crippen molar-refractivity contribution in [2.75, 3.05) is 18.0 Å². The third-order valence-electron chi connectivity index (χ3n) is 5.92. The Morgan fingerprint density at radius 1 is 1.10 bits per heavy atom. The number of pyridine rings is 1. The number of aryl methyl sites for hydroxylation is 2. The summed E-state index contributed by atoms with van der Waals surface area (Å²) in [5.41, 5.74) is 5.14. The van der Waals surface area contributed by atoms with Gasteiger partial charge in [0.25, 0.3) is 0 Å². The van der Waals surface area contributed by atoms with Crippen molar-refractivity contribution < 1.29 is 9.21 Å². The smallest absolute Gasteiger partial charge is 0.224 e. The van der Waals surface area contributed by atoms with Crippen LogP contribution < -0.4 is 10.2 Å². The van der Waals surface area contributed by atoms with Crippen LogP contribution in [0.1, 0.15) is 47.9 Å². The van der Waals surface area contributed by atoms with Crippen molar-refractivity contribution in [2.45, 2.75) is 52.5 Å². The first-order valence-electron chi connectivity index (χ1n) is 10.5. The zero-order valence-corrected chi connectivity index (χ0v) is 17.3. The molecule has 2 aromatic heterocycles. The van der Waals surface area contributed by atoms with Crippen LogP contribution in [0, 0.1) is 13.8 Å². The molecule has 0 saturated carbocycles. The summed E-state index contributed by atoms with van der Waals surface area (Å²) in [4.78, 5) is 19.4. The Hall–Kier alpha value is -2.82. The van der Waals surface area contributed by atoms with Gasteiger partial charge in [-0.05, 0) is 49.4 Å². The Labute approximate surface area is 172 Å². The maximum absolute atomic E-state index is 12.5. The minimum absolute atomic E-state index is 0.0116. The second-order valence-electron chi connectivity index (χ2n) is 8.02. The van der Waals surface area contributed by atoms with E-state index in [0.29, 0.717) is 13.0 Å². The molecule has 0 radical (unpaired) electrons. The molecule has 0 atom stereocenters. The van der Waals surface area contributed by atoms with Gasteiger partial charge in [0, 0.05) is 36.8 Å². The van der Waals surface area contributed by atoms with Crippen LogP contribution in [0.3, 0.4) is 0 Å². The van der Waals surface area contributed by atoms with E-state index in [9.17, 15) is 4.79 Å². The van der Waals surface area contributed by atoms with Gasteiger partial charge < -0.3 is 14.6 Å². The molecule has 1 aromatic carbocycles. The number of nitrogens with one attached hydrogen (secondary N) is 1. The molecule has 3 aromatic rings. The predicted molar refractivity (Wildman–Crippen MR) is 116 cm³/mol. The predicted octanol–water partition coefficient (Wildman–Crippen LogP) is 4.68. The number of furan rings is 1. The number of hydrogen-bond acceptors (Lipinski definition) is 4. The van der Waals surface area contributed by atoms with Crippen molar-refractivity contribution in [2.24, 2.45) is 0 Å². The molecule has 1 saturated heterocycles. The number of rotatable bonds is 5. The number of carbonyl (C=O) groups is 1. The molecule has 3 heterocycles. The Morgan fingerprint density at radius 2 is 1.90 bits per heavy atom. The first kappa shape index (κ1) is 19.5. The highest BCUT2D eigenvalue weighted by molar-refractivity contribution is 5.89. The van der Waals surface area contributed by atoms with Crippen LogP contribution in [0.15, 0.2) is 41.1 Å². The van der Waals surface area contributed by atoms with Crippen molar-refractivity contribution in [1.29, 1.82) is 0 Å². The van der Waals surface area contributed by atoms with Crippen molar-refractivity contribution in [3.05, 3.63) is 59.0 Å². The van der Waals surface area contributed by atoms with Crippen LogP contribution in [0.2, 0.25) is 0 Å². The number of amides is 1. The minimum atomic E-state index is -0.0116. The van der Waals surface area contributed by atoms with Gasteiger partial charge in [0.05, 0.1) is 12.7 Å². The van der Waals surface area contributed by atoms with Gasteiger partial charge >= 0.3 is 0 Å². The molecule has 1 N–H and O–H groups in total. The second-order valence-corrected chi connectivity index (χ2v) is 8.02. The molecule has 1 amide bonds. The van der Waals surface area contributed by atoms with Crippen molar-refractivity contribution in [1.82, 2.24) is 10.3 Å². The number of aromatic nitrogens is 1. The summed E-state index contributed by atoms with van der Waals surface area (Å²) in [7, 11) is 0. The summed E-state index contributed by atoms with van der Waals surface area (Å²) in [6.07, 6.45) is 8.99. The molecule has 0 bridgehead atoms. The quantitative estimate of drug-likeness (QED) is 0.686. The molecule has 1 aliphatic heterocycles. The van der Waals surface area contributed by atoms with Crippen LogP contribution >= 0.6 is 0 Å². The number of fused-ring (bicyclic) bond motifs is 1. The maximum Gasteiger partial charge on any atom is 0.224 e. The van der Waals surface area contributed by atoms with Gasteiger partial charge in [0.2, 0.25) is 5.91 Å². The third kappa shape index (κ3) is 4.44. The van der Waals surface area contributed by atoms with Crippen LogP contribution in [0.5, 0.6) is 0 Å². The summed E-state index contributed by atoms with van der Waals surface area (Å²) in [5, 5.41) is 4.02. The van der Waals surface area contributed by atoms with Crippen molar-refractivity contribution in [3.63, 3.8) is 0 Å². The average Bonchev–Trinajstić information content (AvgIpc) is 2.95. The Balaban J connectivity index is 1.34. The Morgan fingerprint density at radius 3 is 2.62 bits per heavy atom. The first-order valence-corrected chi connectivity index (χ1v) is 10.5. The largest absolute Gasteiger partial charge is 0.464 e. The molecule has 5 nitrogen and oxygen atoms in total. The first-order chi connectivity index (χ1) is 14.1. The summed E-state index contributed by atoms with van der Waals surface area (Å²) >= 11 is 0. The average molecular weight is 392 g/mol. The molecule has 1 fully saturated rings. The van der Waals surface area contributed by atoms with Crippen molar-refractivity contribution in [3.8, 4) is 0 Å². The molecule has 0 aliphatic carbocycles. The minimum Gasteiger partial charge on any atom is -0.464 e. The molecule has 4 rings (SSSR count).